The summed E-state index contributed by atoms with van der Waals surface area (Å²) in [5.41, 5.74) is 8.63. The van der Waals surface area contributed by atoms with Crippen LogP contribution in [0.5, 0.6) is 0 Å². The van der Waals surface area contributed by atoms with Crippen LogP contribution in [0.25, 0.3) is 22.2 Å². The third kappa shape index (κ3) is 10.3. The number of hydrogen-bond donors (Lipinski definition) is 5. The van der Waals surface area contributed by atoms with Crippen LogP contribution in [0, 0.1) is 18.8 Å². The maximum absolute atomic E-state index is 14.4. The van der Waals surface area contributed by atoms with Crippen molar-refractivity contribution in [2.24, 2.45) is 17.6 Å². The van der Waals surface area contributed by atoms with Crippen molar-refractivity contribution in [2.45, 2.75) is 90.6 Å². The number of hydrogen-bond acceptors (Lipinski definition) is 7. The Morgan fingerprint density at radius 3 is 2.22 bits per heavy atom. The standard InChI is InChI=1S/C39H46F3N7O6/c1-21-28(15-17-30(45-21)34(51)46-22(2)39(40,41)42)25-10-6-23(7-11-25)18-32(33(43)50)49(27-14-16-29-31(19-27)48-36(53)47-29)35(52)26-12-8-24(9-13-26)20-44-37(54)55-38(3,4)5/h6-7,10-11,14-17,19,22,24,26,32H,8-9,12-13,18,20H2,1-5H3,(H2,43,50)(H,44,54)(H,46,51)(H2,47,48,53)/t22?,24?,26?,32-/m0/s1. The van der Waals surface area contributed by atoms with Crippen molar-refractivity contribution in [3.63, 3.8) is 0 Å². The molecule has 294 valence electrons. The van der Waals surface area contributed by atoms with Crippen molar-refractivity contribution in [2.75, 3.05) is 11.4 Å². The van der Waals surface area contributed by atoms with Crippen LogP contribution in [0.15, 0.2) is 59.4 Å². The number of nitrogens with two attached hydrogens (primary N) is 1. The molecule has 13 nitrogen and oxygen atoms in total. The monoisotopic (exact) mass is 765 g/mol. The molecule has 1 aliphatic rings. The molecule has 1 saturated carbocycles. The van der Waals surface area contributed by atoms with Gasteiger partial charge in [-0.25, -0.2) is 14.6 Å². The number of aromatic amines is 2. The lowest BCUT2D eigenvalue weighted by Crippen LogP contribution is -2.52. The highest BCUT2D eigenvalue weighted by Gasteiger charge is 2.38. The number of alkyl carbamates (subject to hydrolysis) is 1. The summed E-state index contributed by atoms with van der Waals surface area (Å²) < 4.78 is 44.2. The molecule has 2 aromatic carbocycles. The predicted octanol–water partition coefficient (Wildman–Crippen LogP) is 5.67. The molecule has 55 heavy (non-hydrogen) atoms. The highest BCUT2D eigenvalue weighted by molar-refractivity contribution is 6.02. The van der Waals surface area contributed by atoms with Gasteiger partial charge in [-0.3, -0.25) is 19.3 Å². The van der Waals surface area contributed by atoms with Crippen molar-refractivity contribution < 1.29 is 37.1 Å². The normalized spacial score (nSPS) is 17.2. The molecule has 0 bridgehead atoms. The largest absolute Gasteiger partial charge is 0.444 e. The number of halogens is 3. The van der Waals surface area contributed by atoms with Gasteiger partial charge in [-0.2, -0.15) is 13.2 Å². The Morgan fingerprint density at radius 2 is 1.62 bits per heavy atom. The number of pyridine rings is 1. The number of benzene rings is 2. The van der Waals surface area contributed by atoms with E-state index in [1.165, 1.54) is 11.0 Å². The molecule has 2 heterocycles. The Balaban J connectivity index is 1.34. The number of nitrogens with zero attached hydrogens (tertiary/aromatic N) is 2. The zero-order valence-corrected chi connectivity index (χ0v) is 31.3. The van der Waals surface area contributed by atoms with Gasteiger partial charge in [0.25, 0.3) is 5.91 Å². The van der Waals surface area contributed by atoms with Gasteiger partial charge in [-0.1, -0.05) is 30.3 Å². The maximum Gasteiger partial charge on any atom is 0.408 e. The van der Waals surface area contributed by atoms with E-state index in [0.29, 0.717) is 71.3 Å². The van der Waals surface area contributed by atoms with E-state index in [9.17, 15) is 37.1 Å². The molecule has 1 fully saturated rings. The first-order valence-corrected chi connectivity index (χ1v) is 18.0. The van der Waals surface area contributed by atoms with Gasteiger partial charge in [0.05, 0.1) is 11.0 Å². The van der Waals surface area contributed by atoms with Crippen LogP contribution in [0.4, 0.5) is 23.7 Å². The highest BCUT2D eigenvalue weighted by atomic mass is 19.4. The molecule has 0 radical (unpaired) electrons. The lowest BCUT2D eigenvalue weighted by atomic mass is 9.81. The number of ether oxygens (including phenoxy) is 1. The second-order valence-corrected chi connectivity index (χ2v) is 15.0. The van der Waals surface area contributed by atoms with Gasteiger partial charge in [-0.05, 0) is 102 Å². The average Bonchev–Trinajstić information content (AvgIpc) is 3.49. The number of alkyl halides is 3. The predicted molar refractivity (Wildman–Crippen MR) is 200 cm³/mol. The van der Waals surface area contributed by atoms with Crippen LogP contribution in [-0.2, 0) is 20.7 Å². The molecular formula is C39H46F3N7O6. The van der Waals surface area contributed by atoms with Gasteiger partial charge in [0.1, 0.15) is 23.4 Å². The number of fused-ring (bicyclic) bond motifs is 1. The van der Waals surface area contributed by atoms with Crippen molar-refractivity contribution >= 4 is 40.5 Å². The molecule has 5 rings (SSSR count). The summed E-state index contributed by atoms with van der Waals surface area (Å²) in [5, 5.41) is 4.72. The number of nitrogens with one attached hydrogen (secondary N) is 4. The number of imidazole rings is 1. The first-order valence-electron chi connectivity index (χ1n) is 18.0. The van der Waals surface area contributed by atoms with Gasteiger partial charge >= 0.3 is 18.0 Å². The first-order chi connectivity index (χ1) is 25.8. The highest BCUT2D eigenvalue weighted by Crippen LogP contribution is 2.34. The Hall–Kier alpha value is -5.67. The minimum absolute atomic E-state index is 0.0614. The van der Waals surface area contributed by atoms with Crippen LogP contribution in [-0.4, -0.2) is 69.2 Å². The molecule has 1 unspecified atom stereocenters. The van der Waals surface area contributed by atoms with E-state index < -0.39 is 53.4 Å². The van der Waals surface area contributed by atoms with E-state index in [1.54, 1.807) is 76.2 Å². The summed E-state index contributed by atoms with van der Waals surface area (Å²) in [6.07, 6.45) is -2.66. The summed E-state index contributed by atoms with van der Waals surface area (Å²) >= 11 is 0. The Bertz CT molecular complexity index is 2100. The molecule has 0 saturated heterocycles. The number of aryl methyl sites for hydroxylation is 1. The first kappa shape index (κ1) is 40.5. The fourth-order valence-electron chi connectivity index (χ4n) is 6.69. The van der Waals surface area contributed by atoms with Crippen molar-refractivity contribution in [3.8, 4) is 11.1 Å². The van der Waals surface area contributed by atoms with Crippen LogP contribution >= 0.6 is 0 Å². The number of primary amides is 1. The van der Waals surface area contributed by atoms with E-state index in [1.807, 2.05) is 5.32 Å². The van der Waals surface area contributed by atoms with E-state index >= 15 is 0 Å². The van der Waals surface area contributed by atoms with Crippen molar-refractivity contribution in [3.05, 3.63) is 82.0 Å². The Morgan fingerprint density at radius 1 is 0.964 bits per heavy atom. The minimum Gasteiger partial charge on any atom is -0.444 e. The number of carbonyl (C=O) groups is 4. The number of anilines is 1. The van der Waals surface area contributed by atoms with E-state index in [0.717, 1.165) is 6.92 Å². The third-order valence-corrected chi connectivity index (χ3v) is 9.64. The summed E-state index contributed by atoms with van der Waals surface area (Å²) in [6.45, 7) is 8.26. The van der Waals surface area contributed by atoms with Crippen LogP contribution in [0.3, 0.4) is 0 Å². The number of aromatic nitrogens is 3. The van der Waals surface area contributed by atoms with Crippen LogP contribution < -0.4 is 27.0 Å². The molecule has 16 heteroatoms. The SMILES string of the molecule is Cc1nc(C(=O)NC(C)C(F)(F)F)ccc1-c1ccc(C[C@@H](C(N)=O)N(C(=O)C2CCC(CNC(=O)OC(C)(C)C)CC2)c2ccc3[nH]c(=O)[nH]c3c2)cc1. The van der Waals surface area contributed by atoms with E-state index in [4.69, 9.17) is 10.5 Å². The molecule has 0 aliphatic heterocycles. The molecule has 2 aromatic heterocycles. The summed E-state index contributed by atoms with van der Waals surface area (Å²) in [7, 11) is 0. The lowest BCUT2D eigenvalue weighted by molar-refractivity contribution is -0.149. The fourth-order valence-corrected chi connectivity index (χ4v) is 6.69. The Kier molecular flexibility index (Phi) is 12.1. The van der Waals surface area contributed by atoms with E-state index in [2.05, 4.69) is 20.3 Å². The maximum atomic E-state index is 14.4. The lowest BCUT2D eigenvalue weighted by Gasteiger charge is -2.36. The molecule has 2 atom stereocenters. The Labute approximate surface area is 315 Å². The molecular weight excluding hydrogens is 719 g/mol. The van der Waals surface area contributed by atoms with Gasteiger partial charge < -0.3 is 31.1 Å². The van der Waals surface area contributed by atoms with Crippen LogP contribution in [0.2, 0.25) is 0 Å². The number of carbonyl (C=O) groups excluding carboxylic acids is 4. The number of H-pyrrole nitrogens is 2. The minimum atomic E-state index is -4.59. The quantitative estimate of drug-likeness (QED) is 0.130. The van der Waals surface area contributed by atoms with Crippen LogP contribution in [0.1, 0.15) is 75.1 Å². The van der Waals surface area contributed by atoms with Gasteiger partial charge in [0.15, 0.2) is 0 Å². The number of amides is 4. The third-order valence-electron chi connectivity index (χ3n) is 9.64. The summed E-state index contributed by atoms with van der Waals surface area (Å²) in [5.74, 6) is -2.25. The molecule has 0 spiro atoms. The van der Waals surface area contributed by atoms with Crippen molar-refractivity contribution in [1.82, 2.24) is 25.6 Å². The molecule has 6 N–H and O–H groups in total. The molecule has 4 amide bonds. The van der Waals surface area contributed by atoms with Gasteiger partial charge in [-0.15, -0.1) is 0 Å². The smallest absolute Gasteiger partial charge is 0.408 e. The molecule has 1 aliphatic carbocycles. The second-order valence-electron chi connectivity index (χ2n) is 15.0. The average molecular weight is 766 g/mol. The zero-order chi connectivity index (χ0) is 40.2. The van der Waals surface area contributed by atoms with Crippen molar-refractivity contribution in [1.29, 1.82) is 0 Å². The fraction of sp³-hybridized carbons (Fsp3) is 0.436. The zero-order valence-electron chi connectivity index (χ0n) is 31.3. The number of rotatable bonds is 11. The van der Waals surface area contributed by atoms with Gasteiger partial charge in [0, 0.05) is 35.8 Å². The summed E-state index contributed by atoms with van der Waals surface area (Å²) in [6, 6.07) is 11.8. The topological polar surface area (TPSA) is 192 Å². The second kappa shape index (κ2) is 16.4. The van der Waals surface area contributed by atoms with E-state index in [-0.39, 0.29) is 23.9 Å². The summed E-state index contributed by atoms with van der Waals surface area (Å²) in [4.78, 5) is 75.3. The van der Waals surface area contributed by atoms with Gasteiger partial charge in [0.2, 0.25) is 11.8 Å². The molecule has 4 aromatic rings.